The highest BCUT2D eigenvalue weighted by molar-refractivity contribution is 6.28. The lowest BCUT2D eigenvalue weighted by Crippen LogP contribution is -1.83. The van der Waals surface area contributed by atoms with Gasteiger partial charge in [0.25, 0.3) is 0 Å². The molecule has 0 aliphatic heterocycles. The number of H-pyrrole nitrogens is 1. The Kier molecular flexibility index (Phi) is 2.26. The maximum atomic E-state index is 12.8. The fourth-order valence-electron chi connectivity index (χ4n) is 1.62. The zero-order valence-electron chi connectivity index (χ0n) is 8.48. The number of hydrogen-bond donors (Lipinski definition) is 1. The van der Waals surface area contributed by atoms with Gasteiger partial charge in [0.1, 0.15) is 5.82 Å². The highest BCUT2D eigenvalue weighted by Crippen LogP contribution is 2.25. The molecule has 2 heterocycles. The number of halogens is 2. The second kappa shape index (κ2) is 3.78. The fraction of sp³-hybridized carbons (Fsp3) is 0. The predicted molar refractivity (Wildman–Crippen MR) is 62.1 cm³/mol. The Morgan fingerprint density at radius 1 is 1.18 bits per heavy atom. The van der Waals surface area contributed by atoms with Crippen LogP contribution >= 0.6 is 11.6 Å². The van der Waals surface area contributed by atoms with Crippen LogP contribution in [0.3, 0.4) is 0 Å². The summed E-state index contributed by atoms with van der Waals surface area (Å²) in [5, 5.41) is 7.77. The smallest absolute Gasteiger partial charge is 0.224 e. The van der Waals surface area contributed by atoms with E-state index in [0.717, 1.165) is 16.6 Å². The second-order valence-electron chi connectivity index (χ2n) is 3.48. The zero-order chi connectivity index (χ0) is 11.8. The standard InChI is InChI=1S/C11H6ClFN4/c12-11-14-5-8-9(16-17-10(8)15-11)6-1-3-7(13)4-2-6/h1-5H,(H,14,15,16,17). The Morgan fingerprint density at radius 3 is 2.71 bits per heavy atom. The summed E-state index contributed by atoms with van der Waals surface area (Å²) in [5.41, 5.74) is 2.06. The Morgan fingerprint density at radius 2 is 1.94 bits per heavy atom. The summed E-state index contributed by atoms with van der Waals surface area (Å²) in [6.07, 6.45) is 1.59. The van der Waals surface area contributed by atoms with E-state index in [1.54, 1.807) is 18.3 Å². The first kappa shape index (κ1) is 10.2. The molecule has 0 fully saturated rings. The lowest BCUT2D eigenvalue weighted by molar-refractivity contribution is 0.628. The predicted octanol–water partition coefficient (Wildman–Crippen LogP) is 2.81. The highest BCUT2D eigenvalue weighted by atomic mass is 35.5. The van der Waals surface area contributed by atoms with Crippen molar-refractivity contribution >= 4 is 22.6 Å². The molecule has 3 rings (SSSR count). The normalized spacial score (nSPS) is 10.9. The second-order valence-corrected chi connectivity index (χ2v) is 3.82. The SMILES string of the molecule is Fc1ccc(-c2[nH]nc3nc(Cl)ncc23)cc1. The van der Waals surface area contributed by atoms with E-state index in [-0.39, 0.29) is 11.1 Å². The van der Waals surface area contributed by atoms with Crippen molar-refractivity contribution in [1.82, 2.24) is 20.2 Å². The third-order valence-electron chi connectivity index (χ3n) is 2.42. The quantitative estimate of drug-likeness (QED) is 0.674. The van der Waals surface area contributed by atoms with E-state index in [4.69, 9.17) is 11.6 Å². The van der Waals surface area contributed by atoms with Crippen LogP contribution in [0, 0.1) is 5.82 Å². The van der Waals surface area contributed by atoms with Crippen LogP contribution < -0.4 is 0 Å². The maximum absolute atomic E-state index is 12.8. The van der Waals surface area contributed by atoms with Crippen LogP contribution in [0.25, 0.3) is 22.3 Å². The average molecular weight is 249 g/mol. The van der Waals surface area contributed by atoms with Gasteiger partial charge in [0.2, 0.25) is 5.28 Å². The van der Waals surface area contributed by atoms with E-state index in [0.29, 0.717) is 5.65 Å². The van der Waals surface area contributed by atoms with Crippen LogP contribution in [0.5, 0.6) is 0 Å². The summed E-state index contributed by atoms with van der Waals surface area (Å²) in [6, 6.07) is 6.10. The number of nitrogens with zero attached hydrogens (tertiary/aromatic N) is 3. The largest absolute Gasteiger partial charge is 0.275 e. The van der Waals surface area contributed by atoms with Crippen LogP contribution in [0.2, 0.25) is 5.28 Å². The molecule has 84 valence electrons. The molecule has 0 unspecified atom stereocenters. The minimum Gasteiger partial charge on any atom is -0.275 e. The number of rotatable bonds is 1. The third kappa shape index (κ3) is 1.74. The summed E-state index contributed by atoms with van der Waals surface area (Å²) in [7, 11) is 0. The van der Waals surface area contributed by atoms with E-state index in [1.807, 2.05) is 0 Å². The molecule has 1 N–H and O–H groups in total. The molecule has 0 saturated carbocycles. The molecule has 3 aromatic rings. The summed E-state index contributed by atoms with van der Waals surface area (Å²) in [4.78, 5) is 7.88. The highest BCUT2D eigenvalue weighted by Gasteiger charge is 2.09. The van der Waals surface area contributed by atoms with Crippen molar-refractivity contribution < 1.29 is 4.39 Å². The van der Waals surface area contributed by atoms with Gasteiger partial charge in [-0.2, -0.15) is 10.1 Å². The van der Waals surface area contributed by atoms with Crippen LogP contribution in [0.15, 0.2) is 30.5 Å². The van der Waals surface area contributed by atoms with Gasteiger partial charge in [0, 0.05) is 11.8 Å². The summed E-state index contributed by atoms with van der Waals surface area (Å²) >= 11 is 5.67. The summed E-state index contributed by atoms with van der Waals surface area (Å²) < 4.78 is 12.8. The summed E-state index contributed by atoms with van der Waals surface area (Å²) in [6.45, 7) is 0. The van der Waals surface area contributed by atoms with Crippen LogP contribution in [-0.2, 0) is 0 Å². The molecule has 0 spiro atoms. The van der Waals surface area contributed by atoms with Gasteiger partial charge in [-0.1, -0.05) is 0 Å². The molecule has 0 atom stereocenters. The van der Waals surface area contributed by atoms with Crippen LogP contribution in [-0.4, -0.2) is 20.2 Å². The van der Waals surface area contributed by atoms with Gasteiger partial charge >= 0.3 is 0 Å². The Bertz CT molecular complexity index is 678. The first-order valence-corrected chi connectivity index (χ1v) is 5.24. The maximum Gasteiger partial charge on any atom is 0.224 e. The number of aromatic nitrogens is 4. The Labute approximate surface area is 100 Å². The number of benzene rings is 1. The molecule has 0 aliphatic rings. The molecule has 2 aromatic heterocycles. The average Bonchev–Trinajstić information content (AvgIpc) is 2.73. The zero-order valence-corrected chi connectivity index (χ0v) is 9.24. The number of aromatic amines is 1. The van der Waals surface area contributed by atoms with Crippen molar-refractivity contribution in [3.8, 4) is 11.3 Å². The summed E-state index contributed by atoms with van der Waals surface area (Å²) in [5.74, 6) is -0.281. The molecule has 17 heavy (non-hydrogen) atoms. The molecule has 6 heteroatoms. The van der Waals surface area contributed by atoms with E-state index in [1.165, 1.54) is 12.1 Å². The number of nitrogens with one attached hydrogen (secondary N) is 1. The third-order valence-corrected chi connectivity index (χ3v) is 2.60. The van der Waals surface area contributed by atoms with Gasteiger partial charge in [-0.15, -0.1) is 0 Å². The van der Waals surface area contributed by atoms with Crippen LogP contribution in [0.1, 0.15) is 0 Å². The van der Waals surface area contributed by atoms with Gasteiger partial charge in [-0.3, -0.25) is 5.10 Å². The van der Waals surface area contributed by atoms with E-state index < -0.39 is 0 Å². The lowest BCUT2D eigenvalue weighted by atomic mass is 10.1. The Hall–Kier alpha value is -2.01. The van der Waals surface area contributed by atoms with E-state index in [9.17, 15) is 4.39 Å². The van der Waals surface area contributed by atoms with Gasteiger partial charge < -0.3 is 0 Å². The number of hydrogen-bond acceptors (Lipinski definition) is 3. The lowest BCUT2D eigenvalue weighted by Gasteiger charge is -1.97. The van der Waals surface area contributed by atoms with Gasteiger partial charge in [0.05, 0.1) is 11.1 Å². The molecule has 4 nitrogen and oxygen atoms in total. The van der Waals surface area contributed by atoms with Gasteiger partial charge in [0.15, 0.2) is 5.65 Å². The molecule has 0 saturated heterocycles. The van der Waals surface area contributed by atoms with Crippen LogP contribution in [0.4, 0.5) is 4.39 Å². The molecular weight excluding hydrogens is 243 g/mol. The number of fused-ring (bicyclic) bond motifs is 1. The van der Waals surface area contributed by atoms with Crippen molar-refractivity contribution in [3.05, 3.63) is 41.6 Å². The van der Waals surface area contributed by atoms with Crippen molar-refractivity contribution in [2.24, 2.45) is 0 Å². The molecular formula is C11H6ClFN4. The van der Waals surface area contributed by atoms with Crippen molar-refractivity contribution in [1.29, 1.82) is 0 Å². The van der Waals surface area contributed by atoms with Crippen molar-refractivity contribution in [2.75, 3.05) is 0 Å². The fourth-order valence-corrected chi connectivity index (χ4v) is 1.75. The first-order valence-electron chi connectivity index (χ1n) is 4.86. The first-order chi connectivity index (χ1) is 8.24. The molecule has 0 amide bonds. The molecule has 0 radical (unpaired) electrons. The molecule has 0 aliphatic carbocycles. The van der Waals surface area contributed by atoms with E-state index in [2.05, 4.69) is 20.2 Å². The van der Waals surface area contributed by atoms with Gasteiger partial charge in [-0.05, 0) is 35.9 Å². The van der Waals surface area contributed by atoms with Crippen molar-refractivity contribution in [2.45, 2.75) is 0 Å². The van der Waals surface area contributed by atoms with E-state index >= 15 is 0 Å². The molecule has 1 aromatic carbocycles. The minimum atomic E-state index is -0.281. The topological polar surface area (TPSA) is 54.5 Å². The Balaban J connectivity index is 2.21. The monoisotopic (exact) mass is 248 g/mol. The minimum absolute atomic E-state index is 0.148. The molecule has 0 bridgehead atoms. The van der Waals surface area contributed by atoms with Crippen molar-refractivity contribution in [3.63, 3.8) is 0 Å². The van der Waals surface area contributed by atoms with Gasteiger partial charge in [-0.25, -0.2) is 9.37 Å².